The molecule has 0 aliphatic carbocycles. The van der Waals surface area contributed by atoms with Gasteiger partial charge in [0.1, 0.15) is 11.6 Å². The Morgan fingerprint density at radius 1 is 1.00 bits per heavy atom. The Kier molecular flexibility index (Phi) is 5.12. The molecule has 1 atom stereocenters. The van der Waals surface area contributed by atoms with E-state index in [2.05, 4.69) is 15.2 Å². The van der Waals surface area contributed by atoms with E-state index in [4.69, 9.17) is 5.73 Å². The summed E-state index contributed by atoms with van der Waals surface area (Å²) >= 11 is 0. The molecule has 0 saturated carbocycles. The second-order valence-corrected chi connectivity index (χ2v) is 7.94. The quantitative estimate of drug-likeness (QED) is 0.392. The third kappa shape index (κ3) is 3.63. The fraction of sp³-hybridized carbons (Fsp3) is 0.160. The number of nitrogens with zero attached hydrogens (tertiary/aromatic N) is 5. The zero-order valence-electron chi connectivity index (χ0n) is 18.2. The summed E-state index contributed by atoms with van der Waals surface area (Å²) in [5.41, 5.74) is 10.3. The van der Waals surface area contributed by atoms with Crippen LogP contribution >= 0.6 is 0 Å². The van der Waals surface area contributed by atoms with E-state index >= 15 is 4.39 Å². The number of rotatable bonds is 5. The monoisotopic (exact) mass is 444 g/mol. The molecular formula is C25H22F2N6. The van der Waals surface area contributed by atoms with E-state index in [9.17, 15) is 4.39 Å². The molecule has 3 aromatic heterocycles. The number of aryl methyl sites for hydroxylation is 1. The second kappa shape index (κ2) is 8.12. The minimum atomic E-state index is -0.341. The van der Waals surface area contributed by atoms with Gasteiger partial charge >= 0.3 is 0 Å². The van der Waals surface area contributed by atoms with Gasteiger partial charge in [0, 0.05) is 34.6 Å². The van der Waals surface area contributed by atoms with Gasteiger partial charge in [0.2, 0.25) is 5.95 Å². The Balaban J connectivity index is 1.55. The second-order valence-electron chi connectivity index (χ2n) is 7.94. The zero-order chi connectivity index (χ0) is 23.1. The fourth-order valence-corrected chi connectivity index (χ4v) is 4.25. The minimum absolute atomic E-state index is 0.0753. The van der Waals surface area contributed by atoms with Crippen LogP contribution < -0.4 is 5.73 Å². The SMILES string of the molecule is CCC(c1ccc(F)cc1)n1cc(-c2cccc(-c3ccn4nc(N)nc4c3C)c2F)cn1. The molecule has 0 bridgehead atoms. The molecule has 0 radical (unpaired) electrons. The average molecular weight is 444 g/mol. The van der Waals surface area contributed by atoms with Crippen LogP contribution in [0.4, 0.5) is 14.7 Å². The molecule has 0 fully saturated rings. The normalized spacial score (nSPS) is 12.4. The van der Waals surface area contributed by atoms with Crippen molar-refractivity contribution in [3.8, 4) is 22.3 Å². The van der Waals surface area contributed by atoms with Crippen molar-refractivity contribution in [1.29, 1.82) is 0 Å². The molecule has 5 rings (SSSR count). The first-order valence-electron chi connectivity index (χ1n) is 10.7. The Labute approximate surface area is 189 Å². The molecule has 33 heavy (non-hydrogen) atoms. The van der Waals surface area contributed by atoms with Crippen molar-refractivity contribution in [2.45, 2.75) is 26.3 Å². The highest BCUT2D eigenvalue weighted by atomic mass is 19.1. The van der Waals surface area contributed by atoms with Crippen LogP contribution in [0.25, 0.3) is 27.9 Å². The smallest absolute Gasteiger partial charge is 0.240 e. The van der Waals surface area contributed by atoms with Crippen molar-refractivity contribution >= 4 is 11.6 Å². The van der Waals surface area contributed by atoms with Crippen LogP contribution in [0.15, 0.2) is 67.1 Å². The topological polar surface area (TPSA) is 74.0 Å². The first-order chi connectivity index (χ1) is 16.0. The molecule has 0 amide bonds. The van der Waals surface area contributed by atoms with Crippen molar-refractivity contribution in [3.63, 3.8) is 0 Å². The predicted octanol–water partition coefficient (Wildman–Crippen LogP) is 5.43. The van der Waals surface area contributed by atoms with Gasteiger partial charge in [-0.25, -0.2) is 13.3 Å². The standard InChI is InChI=1S/C25H22F2N6/c1-3-22(16-7-9-18(26)10-8-16)33-14-17(13-29-33)20-5-4-6-21(23(20)27)19-11-12-32-24(15(19)2)30-25(28)31-32/h4-14,22H,3H2,1-2H3,(H2,28,31). The van der Waals surface area contributed by atoms with Crippen molar-refractivity contribution in [2.75, 3.05) is 5.73 Å². The van der Waals surface area contributed by atoms with Crippen LogP contribution in [0.3, 0.4) is 0 Å². The lowest BCUT2D eigenvalue weighted by Gasteiger charge is -2.16. The number of hydrogen-bond donors (Lipinski definition) is 1. The van der Waals surface area contributed by atoms with Crippen LogP contribution in [-0.4, -0.2) is 24.4 Å². The first kappa shape index (κ1) is 20.8. The van der Waals surface area contributed by atoms with Crippen molar-refractivity contribution in [2.24, 2.45) is 0 Å². The van der Waals surface area contributed by atoms with Gasteiger partial charge in [-0.1, -0.05) is 37.3 Å². The highest BCUT2D eigenvalue weighted by Crippen LogP contribution is 2.34. The summed E-state index contributed by atoms with van der Waals surface area (Å²) in [5, 5.41) is 8.60. The first-order valence-corrected chi connectivity index (χ1v) is 10.7. The number of fused-ring (bicyclic) bond motifs is 1. The molecule has 3 heterocycles. The Bertz CT molecular complexity index is 1450. The van der Waals surface area contributed by atoms with Crippen molar-refractivity contribution in [1.82, 2.24) is 24.4 Å². The molecule has 8 heteroatoms. The Morgan fingerprint density at radius 3 is 2.52 bits per heavy atom. The average Bonchev–Trinajstić information content (AvgIpc) is 3.43. The number of aromatic nitrogens is 5. The predicted molar refractivity (Wildman–Crippen MR) is 124 cm³/mol. The molecule has 0 aliphatic rings. The van der Waals surface area contributed by atoms with Gasteiger partial charge in [-0.3, -0.25) is 4.68 Å². The molecule has 0 spiro atoms. The Hall–Kier alpha value is -4.07. The van der Waals surface area contributed by atoms with Crippen molar-refractivity contribution in [3.05, 3.63) is 89.9 Å². The van der Waals surface area contributed by atoms with Crippen LogP contribution in [-0.2, 0) is 0 Å². The van der Waals surface area contributed by atoms with E-state index in [1.165, 1.54) is 12.1 Å². The van der Waals surface area contributed by atoms with E-state index in [0.29, 0.717) is 22.3 Å². The number of nitrogen functional groups attached to an aromatic ring is 1. The fourth-order valence-electron chi connectivity index (χ4n) is 4.25. The summed E-state index contributed by atoms with van der Waals surface area (Å²) in [4.78, 5) is 4.25. The Morgan fingerprint density at radius 2 is 1.76 bits per heavy atom. The maximum atomic E-state index is 15.7. The molecular weight excluding hydrogens is 422 g/mol. The molecule has 2 aromatic carbocycles. The highest BCUT2D eigenvalue weighted by Gasteiger charge is 2.18. The van der Waals surface area contributed by atoms with E-state index in [0.717, 1.165) is 23.1 Å². The van der Waals surface area contributed by atoms with Crippen LogP contribution in [0.2, 0.25) is 0 Å². The molecule has 0 saturated heterocycles. The van der Waals surface area contributed by atoms with Crippen LogP contribution in [0.5, 0.6) is 0 Å². The molecule has 6 nitrogen and oxygen atoms in total. The van der Waals surface area contributed by atoms with E-state index < -0.39 is 0 Å². The molecule has 166 valence electrons. The third-order valence-electron chi connectivity index (χ3n) is 5.93. The lowest BCUT2D eigenvalue weighted by molar-refractivity contribution is 0.508. The van der Waals surface area contributed by atoms with Gasteiger partial charge in [-0.2, -0.15) is 10.1 Å². The molecule has 2 N–H and O–H groups in total. The largest absolute Gasteiger partial charge is 0.366 e. The number of anilines is 1. The van der Waals surface area contributed by atoms with Gasteiger partial charge in [-0.15, -0.1) is 5.10 Å². The number of hydrogen-bond acceptors (Lipinski definition) is 4. The number of nitrogens with two attached hydrogens (primary N) is 1. The zero-order valence-corrected chi connectivity index (χ0v) is 18.2. The van der Waals surface area contributed by atoms with Gasteiger partial charge in [-0.05, 0) is 42.7 Å². The lowest BCUT2D eigenvalue weighted by Crippen LogP contribution is -2.10. The van der Waals surface area contributed by atoms with E-state index in [1.54, 1.807) is 45.9 Å². The number of pyridine rings is 1. The van der Waals surface area contributed by atoms with Gasteiger partial charge in [0.05, 0.1) is 12.2 Å². The van der Waals surface area contributed by atoms with Crippen LogP contribution in [0, 0.1) is 18.6 Å². The summed E-state index contributed by atoms with van der Waals surface area (Å²) in [6.45, 7) is 3.91. The van der Waals surface area contributed by atoms with E-state index in [-0.39, 0.29) is 23.6 Å². The van der Waals surface area contributed by atoms with Crippen LogP contribution in [0.1, 0.15) is 30.5 Å². The summed E-state index contributed by atoms with van der Waals surface area (Å²) < 4.78 is 32.5. The summed E-state index contributed by atoms with van der Waals surface area (Å²) in [7, 11) is 0. The lowest BCUT2D eigenvalue weighted by atomic mass is 9.97. The third-order valence-corrected chi connectivity index (χ3v) is 5.93. The maximum absolute atomic E-state index is 15.7. The molecule has 5 aromatic rings. The maximum Gasteiger partial charge on any atom is 0.240 e. The minimum Gasteiger partial charge on any atom is -0.366 e. The summed E-state index contributed by atoms with van der Waals surface area (Å²) in [6.07, 6.45) is 5.97. The van der Waals surface area contributed by atoms with E-state index in [1.807, 2.05) is 32.2 Å². The summed E-state index contributed by atoms with van der Waals surface area (Å²) in [6, 6.07) is 13.4. The molecule has 0 aliphatic heterocycles. The molecule has 1 unspecified atom stereocenters. The van der Waals surface area contributed by atoms with Gasteiger partial charge < -0.3 is 5.73 Å². The number of benzene rings is 2. The summed E-state index contributed by atoms with van der Waals surface area (Å²) in [5.74, 6) is -0.453. The van der Waals surface area contributed by atoms with Crippen molar-refractivity contribution < 1.29 is 8.78 Å². The van der Waals surface area contributed by atoms with Gasteiger partial charge in [0.25, 0.3) is 0 Å². The van der Waals surface area contributed by atoms with Gasteiger partial charge in [0.15, 0.2) is 5.65 Å². The highest BCUT2D eigenvalue weighted by molar-refractivity contribution is 5.78. The number of halogens is 2.